The van der Waals surface area contributed by atoms with E-state index in [0.29, 0.717) is 6.54 Å². The molecule has 0 radical (unpaired) electrons. The highest BCUT2D eigenvalue weighted by molar-refractivity contribution is 9.10. The predicted molar refractivity (Wildman–Crippen MR) is 78.5 cm³/mol. The van der Waals surface area contributed by atoms with Gasteiger partial charge < -0.3 is 15.7 Å². The van der Waals surface area contributed by atoms with Crippen molar-refractivity contribution < 1.29 is 9.90 Å². The molecule has 0 aliphatic heterocycles. The molecule has 1 rings (SSSR count). The normalized spacial score (nSPS) is 9.67. The molecule has 0 aliphatic rings. The van der Waals surface area contributed by atoms with Gasteiger partial charge in [-0.05, 0) is 31.2 Å². The van der Waals surface area contributed by atoms with Crippen LogP contribution in [0.1, 0.15) is 23.7 Å². The van der Waals surface area contributed by atoms with E-state index in [9.17, 15) is 9.90 Å². The maximum Gasteiger partial charge on any atom is 0.255 e. The van der Waals surface area contributed by atoms with Crippen LogP contribution in [0.4, 0.5) is 0 Å². The molecule has 4 nitrogen and oxygen atoms in total. The van der Waals surface area contributed by atoms with E-state index in [0.717, 1.165) is 24.0 Å². The molecule has 0 aromatic heterocycles. The Balaban J connectivity index is 0.00000289. The monoisotopic (exact) mass is 336 g/mol. The van der Waals surface area contributed by atoms with Gasteiger partial charge in [-0.1, -0.05) is 22.9 Å². The summed E-state index contributed by atoms with van der Waals surface area (Å²) in [6, 6.07) is 4.79. The molecule has 1 aromatic carbocycles. The van der Waals surface area contributed by atoms with Gasteiger partial charge in [0, 0.05) is 17.6 Å². The molecule has 1 amide bonds. The van der Waals surface area contributed by atoms with Crippen molar-refractivity contribution in [1.82, 2.24) is 10.6 Å². The van der Waals surface area contributed by atoms with Crippen LogP contribution in [0.5, 0.6) is 5.75 Å². The van der Waals surface area contributed by atoms with Gasteiger partial charge in [-0.25, -0.2) is 0 Å². The van der Waals surface area contributed by atoms with Crippen molar-refractivity contribution in [3.8, 4) is 5.75 Å². The first-order chi connectivity index (χ1) is 8.15. The summed E-state index contributed by atoms with van der Waals surface area (Å²) < 4.78 is 0.768. The third-order valence-electron chi connectivity index (χ3n) is 2.22. The van der Waals surface area contributed by atoms with Gasteiger partial charge in [-0.15, -0.1) is 12.4 Å². The van der Waals surface area contributed by atoms with Gasteiger partial charge in [0.05, 0.1) is 5.56 Å². The number of carbonyl (C=O) groups is 1. The van der Waals surface area contributed by atoms with Gasteiger partial charge in [0.15, 0.2) is 0 Å². The van der Waals surface area contributed by atoms with Gasteiger partial charge in [0.2, 0.25) is 0 Å². The first-order valence-corrected chi connectivity index (χ1v) is 6.42. The highest BCUT2D eigenvalue weighted by atomic mass is 79.9. The second-order valence-corrected chi connectivity index (χ2v) is 4.58. The molecule has 0 heterocycles. The fraction of sp³-hybridized carbons (Fsp3) is 0.417. The van der Waals surface area contributed by atoms with Crippen LogP contribution in [0.2, 0.25) is 0 Å². The topological polar surface area (TPSA) is 61.4 Å². The molecule has 102 valence electrons. The first-order valence-electron chi connectivity index (χ1n) is 5.62. The van der Waals surface area contributed by atoms with Crippen LogP contribution in [0, 0.1) is 0 Å². The lowest BCUT2D eigenvalue weighted by Crippen LogP contribution is -2.32. The van der Waals surface area contributed by atoms with Crippen LogP contribution in [-0.4, -0.2) is 30.6 Å². The van der Waals surface area contributed by atoms with Crippen LogP contribution in [-0.2, 0) is 0 Å². The SMILES string of the molecule is CCCNCCNC(=O)c1cc(Br)ccc1O.Cl. The molecule has 0 bridgehead atoms. The van der Waals surface area contributed by atoms with Crippen molar-refractivity contribution in [3.63, 3.8) is 0 Å². The minimum Gasteiger partial charge on any atom is -0.507 e. The highest BCUT2D eigenvalue weighted by Crippen LogP contribution is 2.21. The Morgan fingerprint density at radius 3 is 2.72 bits per heavy atom. The number of phenolic OH excluding ortho intramolecular Hbond substituents is 1. The van der Waals surface area contributed by atoms with Crippen LogP contribution in [0.3, 0.4) is 0 Å². The third-order valence-corrected chi connectivity index (χ3v) is 2.71. The minimum atomic E-state index is -0.262. The van der Waals surface area contributed by atoms with Crippen LogP contribution in [0.25, 0.3) is 0 Å². The second kappa shape index (κ2) is 9.19. The molecule has 18 heavy (non-hydrogen) atoms. The zero-order chi connectivity index (χ0) is 12.7. The second-order valence-electron chi connectivity index (χ2n) is 3.67. The maximum absolute atomic E-state index is 11.7. The van der Waals surface area contributed by atoms with Crippen molar-refractivity contribution in [2.75, 3.05) is 19.6 Å². The third kappa shape index (κ3) is 5.71. The number of halogens is 2. The summed E-state index contributed by atoms with van der Waals surface area (Å²) in [6.07, 6.45) is 1.07. The van der Waals surface area contributed by atoms with Gasteiger partial charge >= 0.3 is 0 Å². The maximum atomic E-state index is 11.7. The van der Waals surface area contributed by atoms with E-state index in [1.54, 1.807) is 12.1 Å². The average molecular weight is 338 g/mol. The van der Waals surface area contributed by atoms with E-state index in [1.165, 1.54) is 6.07 Å². The molecule has 6 heteroatoms. The zero-order valence-electron chi connectivity index (χ0n) is 10.2. The quantitative estimate of drug-likeness (QED) is 0.698. The summed E-state index contributed by atoms with van der Waals surface area (Å²) in [5.41, 5.74) is 0.287. The summed E-state index contributed by atoms with van der Waals surface area (Å²) in [4.78, 5) is 11.7. The molecule has 0 fully saturated rings. The number of hydrogen-bond acceptors (Lipinski definition) is 3. The van der Waals surface area contributed by atoms with Gasteiger partial charge in [0.1, 0.15) is 5.75 Å². The molecule has 0 saturated carbocycles. The fourth-order valence-corrected chi connectivity index (χ4v) is 1.71. The van der Waals surface area contributed by atoms with E-state index >= 15 is 0 Å². The number of hydrogen-bond donors (Lipinski definition) is 3. The molecular formula is C12H18BrClN2O2. The molecule has 0 spiro atoms. The molecular weight excluding hydrogens is 320 g/mol. The summed E-state index contributed by atoms with van der Waals surface area (Å²) in [5.74, 6) is -0.269. The lowest BCUT2D eigenvalue weighted by atomic mass is 10.2. The van der Waals surface area contributed by atoms with E-state index in [2.05, 4.69) is 33.5 Å². The number of aromatic hydroxyl groups is 1. The lowest BCUT2D eigenvalue weighted by Gasteiger charge is -2.07. The largest absolute Gasteiger partial charge is 0.507 e. The Kier molecular flexibility index (Phi) is 8.79. The molecule has 0 aliphatic carbocycles. The van der Waals surface area contributed by atoms with Crippen molar-refractivity contribution in [1.29, 1.82) is 0 Å². The van der Waals surface area contributed by atoms with Crippen molar-refractivity contribution in [2.45, 2.75) is 13.3 Å². The first kappa shape index (κ1) is 17.2. The Morgan fingerprint density at radius 2 is 2.06 bits per heavy atom. The fourth-order valence-electron chi connectivity index (χ4n) is 1.35. The summed E-state index contributed by atoms with van der Waals surface area (Å²) >= 11 is 3.26. The van der Waals surface area contributed by atoms with Crippen LogP contribution in [0.15, 0.2) is 22.7 Å². The molecule has 0 saturated heterocycles. The van der Waals surface area contributed by atoms with Gasteiger partial charge in [-0.3, -0.25) is 4.79 Å². The van der Waals surface area contributed by atoms with E-state index < -0.39 is 0 Å². The summed E-state index contributed by atoms with van der Waals surface area (Å²) in [7, 11) is 0. The molecule has 1 aromatic rings. The van der Waals surface area contributed by atoms with Crippen molar-refractivity contribution in [2.24, 2.45) is 0 Å². The number of nitrogens with one attached hydrogen (secondary N) is 2. The van der Waals surface area contributed by atoms with E-state index in [1.807, 2.05) is 0 Å². The average Bonchev–Trinajstić information content (AvgIpc) is 2.32. The van der Waals surface area contributed by atoms with Crippen molar-refractivity contribution >= 4 is 34.2 Å². The smallest absolute Gasteiger partial charge is 0.255 e. The molecule has 0 unspecified atom stereocenters. The van der Waals surface area contributed by atoms with Crippen molar-refractivity contribution in [3.05, 3.63) is 28.2 Å². The minimum absolute atomic E-state index is 0. The van der Waals surface area contributed by atoms with Crippen LogP contribution >= 0.6 is 28.3 Å². The summed E-state index contributed by atoms with van der Waals surface area (Å²) in [6.45, 7) is 4.31. The van der Waals surface area contributed by atoms with Gasteiger partial charge in [-0.2, -0.15) is 0 Å². The van der Waals surface area contributed by atoms with E-state index in [4.69, 9.17) is 0 Å². The zero-order valence-corrected chi connectivity index (χ0v) is 12.6. The number of phenols is 1. The Hall–Kier alpha value is -0.780. The van der Waals surface area contributed by atoms with Crippen LogP contribution < -0.4 is 10.6 Å². The van der Waals surface area contributed by atoms with E-state index in [-0.39, 0.29) is 29.6 Å². The summed E-state index contributed by atoms with van der Waals surface area (Å²) in [5, 5.41) is 15.5. The number of amides is 1. The molecule has 3 N–H and O–H groups in total. The molecule has 0 atom stereocenters. The number of rotatable bonds is 6. The standard InChI is InChI=1S/C12H17BrN2O2.ClH/c1-2-5-14-6-7-15-12(17)10-8-9(13)3-4-11(10)16;/h3-4,8,14,16H,2,5-7H2,1H3,(H,15,17);1H. The number of benzene rings is 1. The Bertz CT molecular complexity index is 388. The Labute approximate surface area is 122 Å². The predicted octanol–water partition coefficient (Wildman–Crippen LogP) is 2.31. The lowest BCUT2D eigenvalue weighted by molar-refractivity contribution is 0.0951. The van der Waals surface area contributed by atoms with Gasteiger partial charge in [0.25, 0.3) is 5.91 Å². The highest BCUT2D eigenvalue weighted by Gasteiger charge is 2.10. The Morgan fingerprint density at radius 1 is 1.33 bits per heavy atom. The number of carbonyl (C=O) groups excluding carboxylic acids is 1.